The number of hydrogen-bond donors (Lipinski definition) is 1. The topological polar surface area (TPSA) is 71.5 Å². The number of nitrogens with zero attached hydrogens (tertiary/aromatic N) is 2. The lowest BCUT2D eigenvalue weighted by Crippen LogP contribution is -2.51. The van der Waals surface area contributed by atoms with Crippen molar-refractivity contribution >= 4 is 11.8 Å². The fourth-order valence-corrected chi connectivity index (χ4v) is 4.94. The zero-order valence-electron chi connectivity index (χ0n) is 18.9. The van der Waals surface area contributed by atoms with E-state index in [0.29, 0.717) is 18.6 Å². The first kappa shape index (κ1) is 25.4. The Balaban J connectivity index is 1.38. The molecule has 1 N–H and O–H groups in total. The van der Waals surface area contributed by atoms with Gasteiger partial charge in [0.05, 0.1) is 30.4 Å². The zero-order chi connectivity index (χ0) is 26.7. The summed E-state index contributed by atoms with van der Waals surface area (Å²) in [5, 5.41) is 2.65. The van der Waals surface area contributed by atoms with Gasteiger partial charge in [0.15, 0.2) is 0 Å². The van der Waals surface area contributed by atoms with Gasteiger partial charge in [-0.15, -0.1) is 0 Å². The lowest BCUT2D eigenvalue weighted by Gasteiger charge is -2.36. The molecule has 4 atom stereocenters. The van der Waals surface area contributed by atoms with Crippen LogP contribution >= 0.6 is 0 Å². The van der Waals surface area contributed by atoms with E-state index < -0.39 is 64.8 Å². The Morgan fingerprint density at radius 3 is 2.27 bits per heavy atom. The van der Waals surface area contributed by atoms with Crippen LogP contribution in [0.3, 0.4) is 0 Å². The number of ether oxygens (including phenoxy) is 1. The summed E-state index contributed by atoms with van der Waals surface area (Å²) in [6, 6.07) is 0.979. The third kappa shape index (κ3) is 4.88. The van der Waals surface area contributed by atoms with E-state index in [1.165, 1.54) is 4.90 Å². The smallest absolute Gasteiger partial charge is 0.381 e. The lowest BCUT2D eigenvalue weighted by molar-refractivity contribution is -0.138. The van der Waals surface area contributed by atoms with Crippen LogP contribution in [0, 0.1) is 17.7 Å². The number of fused-ring (bicyclic) bond motifs is 1. The molecule has 13 heteroatoms. The summed E-state index contributed by atoms with van der Waals surface area (Å²) in [5.41, 5.74) is -2.85. The van der Waals surface area contributed by atoms with Crippen molar-refractivity contribution in [2.75, 3.05) is 13.2 Å². The molecule has 3 fully saturated rings. The lowest BCUT2D eigenvalue weighted by atomic mass is 9.90. The minimum atomic E-state index is -4.75. The van der Waals surface area contributed by atoms with E-state index in [9.17, 15) is 40.3 Å². The largest absolute Gasteiger partial charge is 0.416 e. The number of piperidine rings is 1. The maximum atomic E-state index is 14.8. The molecular formula is C24H20F7N3O3. The van der Waals surface area contributed by atoms with Gasteiger partial charge in [-0.05, 0) is 43.0 Å². The molecule has 0 spiro atoms. The number of carbonyl (C=O) groups is 2. The summed E-state index contributed by atoms with van der Waals surface area (Å²) >= 11 is 0. The molecule has 2 aliphatic heterocycles. The monoisotopic (exact) mass is 531 g/mol. The molecule has 0 radical (unpaired) electrons. The van der Waals surface area contributed by atoms with E-state index in [1.807, 2.05) is 0 Å². The number of carbonyl (C=O) groups excluding carboxylic acids is 2. The summed E-state index contributed by atoms with van der Waals surface area (Å²) in [4.78, 5) is 31.4. The maximum Gasteiger partial charge on any atom is 0.416 e. The molecule has 1 aromatic heterocycles. The molecule has 5 rings (SSSR count). The number of pyridine rings is 1. The van der Waals surface area contributed by atoms with Crippen molar-refractivity contribution in [1.29, 1.82) is 0 Å². The molecule has 198 valence electrons. The van der Waals surface area contributed by atoms with Gasteiger partial charge in [0.25, 0.3) is 5.91 Å². The summed E-state index contributed by atoms with van der Waals surface area (Å²) in [7, 11) is 0. The number of likely N-dealkylation sites (tertiary alicyclic amines) is 1. The van der Waals surface area contributed by atoms with Crippen molar-refractivity contribution < 1.29 is 45.1 Å². The Bertz CT molecular complexity index is 1230. The minimum Gasteiger partial charge on any atom is -0.381 e. The van der Waals surface area contributed by atoms with Gasteiger partial charge in [-0.25, -0.2) is 4.39 Å². The van der Waals surface area contributed by atoms with Crippen LogP contribution in [0.25, 0.3) is 0 Å². The minimum absolute atomic E-state index is 0.0150. The van der Waals surface area contributed by atoms with Crippen molar-refractivity contribution in [3.8, 4) is 0 Å². The van der Waals surface area contributed by atoms with Crippen LogP contribution in [0.1, 0.15) is 46.1 Å². The van der Waals surface area contributed by atoms with E-state index in [0.717, 1.165) is 24.4 Å². The van der Waals surface area contributed by atoms with Crippen LogP contribution in [-0.4, -0.2) is 47.0 Å². The highest BCUT2D eigenvalue weighted by Crippen LogP contribution is 2.48. The number of benzene rings is 1. The number of rotatable bonds is 5. The van der Waals surface area contributed by atoms with Crippen LogP contribution in [0.4, 0.5) is 30.7 Å². The first-order valence-corrected chi connectivity index (χ1v) is 11.4. The van der Waals surface area contributed by atoms with Crippen molar-refractivity contribution in [3.63, 3.8) is 0 Å². The number of halogens is 7. The average molecular weight is 531 g/mol. The standard InChI is InChI=1S/C24H20F7N3O3/c25-16-7-13(23(26,27)28)1-2-15(16)20(12-9-37-10-12)33-21(35)19-6-11-5-18(11)34(19)22(36)17-8-14(3-4-32-17)24(29,30)31/h1-4,7-8,11-12,18-20H,5-6,9-10H2,(H,33,35)/t11-,18-,19-,20?/m1/s1. The fraction of sp³-hybridized carbons (Fsp3) is 0.458. The molecular weight excluding hydrogens is 511 g/mol. The van der Waals surface area contributed by atoms with E-state index in [1.54, 1.807) is 0 Å². The molecule has 3 aliphatic rings. The number of hydrogen-bond acceptors (Lipinski definition) is 4. The third-order valence-corrected chi connectivity index (χ3v) is 7.04. The molecule has 3 heterocycles. The normalized spacial score (nSPS) is 24.3. The second-order valence-corrected chi connectivity index (χ2v) is 9.47. The fourth-order valence-electron chi connectivity index (χ4n) is 4.94. The molecule has 2 amide bonds. The van der Waals surface area contributed by atoms with E-state index in [-0.39, 0.29) is 37.2 Å². The van der Waals surface area contributed by atoms with Crippen LogP contribution in [0.15, 0.2) is 36.5 Å². The van der Waals surface area contributed by atoms with Gasteiger partial charge in [-0.3, -0.25) is 14.6 Å². The van der Waals surface area contributed by atoms with Gasteiger partial charge in [-0.2, -0.15) is 26.3 Å². The molecule has 1 aromatic carbocycles. The number of nitrogens with one attached hydrogen (secondary N) is 1. The first-order chi connectivity index (χ1) is 17.3. The molecule has 1 aliphatic carbocycles. The zero-order valence-corrected chi connectivity index (χ0v) is 18.9. The van der Waals surface area contributed by atoms with Gasteiger partial charge in [0.1, 0.15) is 17.6 Å². The highest BCUT2D eigenvalue weighted by atomic mass is 19.4. The molecule has 2 saturated heterocycles. The first-order valence-electron chi connectivity index (χ1n) is 11.4. The summed E-state index contributed by atoms with van der Waals surface area (Å²) < 4.78 is 98.2. The highest BCUT2D eigenvalue weighted by molar-refractivity contribution is 5.97. The predicted octanol–water partition coefficient (Wildman–Crippen LogP) is 4.37. The number of aromatic nitrogens is 1. The van der Waals surface area contributed by atoms with Crippen molar-refractivity contribution in [3.05, 3.63) is 64.7 Å². The second-order valence-electron chi connectivity index (χ2n) is 9.47. The van der Waals surface area contributed by atoms with Gasteiger partial charge in [-0.1, -0.05) is 6.07 Å². The van der Waals surface area contributed by atoms with E-state index >= 15 is 0 Å². The Hall–Kier alpha value is -3.22. The Morgan fingerprint density at radius 1 is 1.00 bits per heavy atom. The number of amides is 2. The molecule has 37 heavy (non-hydrogen) atoms. The SMILES string of the molecule is O=C(NC(c1ccc(C(F)(F)F)cc1F)C1COC1)[C@H]1C[C@H]2C[C@H]2N1C(=O)c1cc(C(F)(F)F)ccn1. The Morgan fingerprint density at radius 2 is 1.68 bits per heavy atom. The molecule has 1 unspecified atom stereocenters. The van der Waals surface area contributed by atoms with Gasteiger partial charge < -0.3 is 15.0 Å². The van der Waals surface area contributed by atoms with Crippen LogP contribution in [-0.2, 0) is 21.9 Å². The Kier molecular flexibility index (Phi) is 6.16. The third-order valence-electron chi connectivity index (χ3n) is 7.04. The molecule has 2 aromatic rings. The average Bonchev–Trinajstić information content (AvgIpc) is 3.45. The second kappa shape index (κ2) is 8.96. The van der Waals surface area contributed by atoms with E-state index in [2.05, 4.69) is 10.3 Å². The van der Waals surface area contributed by atoms with E-state index in [4.69, 9.17) is 4.74 Å². The van der Waals surface area contributed by atoms with Crippen LogP contribution in [0.2, 0.25) is 0 Å². The highest BCUT2D eigenvalue weighted by Gasteiger charge is 2.56. The summed E-state index contributed by atoms with van der Waals surface area (Å²) in [6.07, 6.45) is -7.73. The number of alkyl halides is 6. The maximum absolute atomic E-state index is 14.8. The summed E-state index contributed by atoms with van der Waals surface area (Å²) in [5.74, 6) is -3.09. The summed E-state index contributed by atoms with van der Waals surface area (Å²) in [6.45, 7) is 0.274. The van der Waals surface area contributed by atoms with Gasteiger partial charge in [0, 0.05) is 23.7 Å². The quantitative estimate of drug-likeness (QED) is 0.582. The van der Waals surface area contributed by atoms with Crippen LogP contribution < -0.4 is 5.32 Å². The van der Waals surface area contributed by atoms with Crippen molar-refractivity contribution in [2.24, 2.45) is 11.8 Å². The van der Waals surface area contributed by atoms with Gasteiger partial charge >= 0.3 is 12.4 Å². The van der Waals surface area contributed by atoms with Gasteiger partial charge in [0.2, 0.25) is 5.91 Å². The molecule has 6 nitrogen and oxygen atoms in total. The predicted molar refractivity (Wildman–Crippen MR) is 112 cm³/mol. The van der Waals surface area contributed by atoms with Crippen molar-refractivity contribution in [2.45, 2.75) is 43.3 Å². The van der Waals surface area contributed by atoms with Crippen molar-refractivity contribution in [1.82, 2.24) is 15.2 Å². The molecule has 0 bridgehead atoms. The molecule has 1 saturated carbocycles. The van der Waals surface area contributed by atoms with Crippen LogP contribution in [0.5, 0.6) is 0 Å². The Labute approximate surface area is 205 Å².